The van der Waals surface area contributed by atoms with Crippen LogP contribution in [0.25, 0.3) is 0 Å². The Morgan fingerprint density at radius 3 is 2.91 bits per heavy atom. The summed E-state index contributed by atoms with van der Waals surface area (Å²) in [6.45, 7) is 5.56. The quantitative estimate of drug-likeness (QED) is 0.310. The molecule has 2 aliphatic heterocycles. The number of quaternary nitrogens is 1. The van der Waals surface area contributed by atoms with Gasteiger partial charge in [-0.1, -0.05) is 40.8 Å². The molecular formula is C14H24BrN5OS. The van der Waals surface area contributed by atoms with Gasteiger partial charge in [0, 0.05) is 24.3 Å². The Morgan fingerprint density at radius 2 is 2.23 bits per heavy atom. The molecule has 2 fully saturated rings. The molecule has 0 saturated carbocycles. The van der Waals surface area contributed by atoms with Crippen LogP contribution in [0.4, 0.5) is 5.13 Å². The number of hydrogen-bond acceptors (Lipinski definition) is 6. The molecule has 0 aliphatic carbocycles. The zero-order valence-corrected chi connectivity index (χ0v) is 15.6. The summed E-state index contributed by atoms with van der Waals surface area (Å²) in [4.78, 5) is 4.77. The highest BCUT2D eigenvalue weighted by Crippen LogP contribution is 2.36. The van der Waals surface area contributed by atoms with Crippen molar-refractivity contribution < 1.29 is 0 Å². The molecule has 22 heavy (non-hydrogen) atoms. The Labute approximate surface area is 144 Å². The SMILES string of the molecule is CCCCC(Br)Cc1nnc([N+]2([O-])CN(C)CC2N2CC2)s1. The average molecular weight is 390 g/mol. The van der Waals surface area contributed by atoms with Gasteiger partial charge in [-0.05, 0) is 24.8 Å². The van der Waals surface area contributed by atoms with Gasteiger partial charge in [-0.15, -0.1) is 5.10 Å². The molecule has 6 nitrogen and oxygen atoms in total. The van der Waals surface area contributed by atoms with Crippen molar-refractivity contribution in [3.63, 3.8) is 0 Å². The topological polar surface area (TPSA) is 55.1 Å². The van der Waals surface area contributed by atoms with Crippen molar-refractivity contribution in [3.05, 3.63) is 10.2 Å². The maximum absolute atomic E-state index is 13.3. The zero-order valence-electron chi connectivity index (χ0n) is 13.2. The Hall–Kier alpha value is -0.120. The van der Waals surface area contributed by atoms with Crippen molar-refractivity contribution in [1.82, 2.24) is 24.6 Å². The molecule has 0 N–H and O–H groups in total. The van der Waals surface area contributed by atoms with Crippen molar-refractivity contribution in [2.75, 3.05) is 33.4 Å². The molecule has 124 valence electrons. The van der Waals surface area contributed by atoms with E-state index in [0.29, 0.717) is 16.6 Å². The fraction of sp³-hybridized carbons (Fsp3) is 0.857. The molecule has 0 radical (unpaired) electrons. The molecule has 3 heterocycles. The van der Waals surface area contributed by atoms with Gasteiger partial charge in [0.2, 0.25) is 0 Å². The van der Waals surface area contributed by atoms with Crippen LogP contribution in [0.3, 0.4) is 0 Å². The summed E-state index contributed by atoms with van der Waals surface area (Å²) in [6.07, 6.45) is 4.41. The molecule has 2 aliphatic rings. The molecule has 1 aromatic heterocycles. The lowest BCUT2D eigenvalue weighted by atomic mass is 10.2. The number of likely N-dealkylation sites (N-methyl/N-ethyl adjacent to an activating group) is 1. The largest absolute Gasteiger partial charge is 0.623 e. The third-order valence-electron chi connectivity index (χ3n) is 4.36. The van der Waals surface area contributed by atoms with Gasteiger partial charge in [-0.25, -0.2) is 4.90 Å². The van der Waals surface area contributed by atoms with Crippen molar-refractivity contribution in [2.24, 2.45) is 0 Å². The summed E-state index contributed by atoms with van der Waals surface area (Å²) in [5.74, 6) is 0. The fourth-order valence-electron chi connectivity index (χ4n) is 3.04. The highest BCUT2D eigenvalue weighted by atomic mass is 79.9. The summed E-state index contributed by atoms with van der Waals surface area (Å²) in [5.41, 5.74) is 0. The Balaban J connectivity index is 1.69. The van der Waals surface area contributed by atoms with E-state index in [9.17, 15) is 5.21 Å². The molecule has 0 amide bonds. The van der Waals surface area contributed by atoms with Crippen LogP contribution in [0, 0.1) is 5.21 Å². The molecule has 0 bridgehead atoms. The molecule has 0 spiro atoms. The van der Waals surface area contributed by atoms with Crippen LogP contribution in [-0.4, -0.2) is 64.3 Å². The number of halogens is 1. The summed E-state index contributed by atoms with van der Waals surface area (Å²) in [7, 11) is 2.01. The lowest BCUT2D eigenvalue weighted by Gasteiger charge is -2.39. The standard InChI is InChI=1S/C14H24BrN5OS/c1-3-4-5-11(15)8-12-16-17-14(22-12)20(21)10-18(2)9-13(20)19-6-7-19/h11,13H,3-10H2,1-2H3. The van der Waals surface area contributed by atoms with Gasteiger partial charge in [0.05, 0.1) is 6.54 Å². The highest BCUT2D eigenvalue weighted by Gasteiger charge is 2.48. The van der Waals surface area contributed by atoms with E-state index in [1.54, 1.807) is 0 Å². The van der Waals surface area contributed by atoms with Crippen LogP contribution in [-0.2, 0) is 6.42 Å². The Bertz CT molecular complexity index is 511. The van der Waals surface area contributed by atoms with Crippen LogP contribution in [0.2, 0.25) is 0 Å². The lowest BCUT2D eigenvalue weighted by Crippen LogP contribution is -2.52. The van der Waals surface area contributed by atoms with Crippen molar-refractivity contribution in [3.8, 4) is 0 Å². The van der Waals surface area contributed by atoms with E-state index in [1.807, 2.05) is 7.05 Å². The monoisotopic (exact) mass is 389 g/mol. The predicted molar refractivity (Wildman–Crippen MR) is 93.9 cm³/mol. The first-order valence-corrected chi connectivity index (χ1v) is 9.74. The molecule has 1 aromatic rings. The molecule has 3 atom stereocenters. The van der Waals surface area contributed by atoms with E-state index in [-0.39, 0.29) is 10.8 Å². The van der Waals surface area contributed by atoms with Crippen molar-refractivity contribution in [2.45, 2.75) is 43.6 Å². The second-order valence-corrected chi connectivity index (χ2v) is 8.75. The number of nitrogens with zero attached hydrogens (tertiary/aromatic N) is 5. The van der Waals surface area contributed by atoms with Gasteiger partial charge in [-0.3, -0.25) is 9.55 Å². The van der Waals surface area contributed by atoms with Gasteiger partial charge in [0.25, 0.3) is 0 Å². The van der Waals surface area contributed by atoms with E-state index in [0.717, 1.165) is 37.5 Å². The van der Waals surface area contributed by atoms with Crippen molar-refractivity contribution in [1.29, 1.82) is 0 Å². The minimum Gasteiger partial charge on any atom is -0.623 e. The van der Waals surface area contributed by atoms with Gasteiger partial charge in [0.1, 0.15) is 11.7 Å². The van der Waals surface area contributed by atoms with Crippen molar-refractivity contribution >= 4 is 32.4 Å². The average Bonchev–Trinajstić information content (AvgIpc) is 3.12. The molecular weight excluding hydrogens is 366 g/mol. The predicted octanol–water partition coefficient (Wildman–Crippen LogP) is 2.38. The number of alkyl halides is 1. The maximum Gasteiger partial charge on any atom is 0.309 e. The molecule has 0 aromatic carbocycles. The van der Waals surface area contributed by atoms with Crippen LogP contribution in [0.1, 0.15) is 31.2 Å². The lowest BCUT2D eigenvalue weighted by molar-refractivity contribution is 0.233. The number of aromatic nitrogens is 2. The van der Waals surface area contributed by atoms with E-state index in [1.165, 1.54) is 24.2 Å². The van der Waals surface area contributed by atoms with Crippen LogP contribution in [0.15, 0.2) is 0 Å². The van der Waals surface area contributed by atoms with Crippen LogP contribution >= 0.6 is 27.3 Å². The molecule has 8 heteroatoms. The van der Waals surface area contributed by atoms with Crippen LogP contribution in [0.5, 0.6) is 0 Å². The van der Waals surface area contributed by atoms with Crippen LogP contribution < -0.4 is 4.65 Å². The third-order valence-corrected chi connectivity index (χ3v) is 6.20. The summed E-state index contributed by atoms with van der Waals surface area (Å²) in [6, 6.07) is 0. The van der Waals surface area contributed by atoms with E-state index in [4.69, 9.17) is 0 Å². The Morgan fingerprint density at radius 1 is 1.45 bits per heavy atom. The first-order valence-electron chi connectivity index (χ1n) is 8.01. The van der Waals surface area contributed by atoms with Gasteiger partial charge >= 0.3 is 5.13 Å². The first kappa shape index (κ1) is 16.7. The van der Waals surface area contributed by atoms with E-state index < -0.39 is 0 Å². The maximum atomic E-state index is 13.3. The number of hydrogen-bond donors (Lipinski definition) is 0. The minimum absolute atomic E-state index is 0.00865. The summed E-state index contributed by atoms with van der Waals surface area (Å²) in [5, 5.41) is 23.5. The number of rotatable bonds is 7. The number of hydroxylamine groups is 2. The molecule has 2 saturated heterocycles. The normalized spacial score (nSPS) is 30.8. The molecule has 3 rings (SSSR count). The first-order chi connectivity index (χ1) is 10.5. The highest BCUT2D eigenvalue weighted by molar-refractivity contribution is 9.09. The van der Waals surface area contributed by atoms with Gasteiger partial charge < -0.3 is 5.21 Å². The van der Waals surface area contributed by atoms with E-state index >= 15 is 0 Å². The van der Waals surface area contributed by atoms with Gasteiger partial charge in [-0.2, -0.15) is 0 Å². The van der Waals surface area contributed by atoms with E-state index in [2.05, 4.69) is 42.9 Å². The second-order valence-electron chi connectivity index (χ2n) is 6.41. The smallest absolute Gasteiger partial charge is 0.309 e. The Kier molecular flexibility index (Phi) is 5.16. The second kappa shape index (κ2) is 6.78. The molecule has 3 unspecified atom stereocenters. The minimum atomic E-state index is -0.351. The summed E-state index contributed by atoms with van der Waals surface area (Å²) < 4.78 is -0.351. The van der Waals surface area contributed by atoms with Gasteiger partial charge in [0.15, 0.2) is 6.17 Å². The third kappa shape index (κ3) is 3.52. The zero-order chi connectivity index (χ0) is 15.7. The number of unbranched alkanes of at least 4 members (excludes halogenated alkanes) is 1. The fourth-order valence-corrected chi connectivity index (χ4v) is 4.88. The summed E-state index contributed by atoms with van der Waals surface area (Å²) >= 11 is 5.21.